The fourth-order valence-electron chi connectivity index (χ4n) is 1.73. The fourth-order valence-corrected chi connectivity index (χ4v) is 2.33. The molecular formula is C11H15N3O2S. The van der Waals surface area contributed by atoms with Crippen LogP contribution in [0.1, 0.15) is 13.3 Å². The molecule has 1 N–H and O–H groups in total. The molecule has 1 saturated heterocycles. The lowest BCUT2D eigenvalue weighted by Gasteiger charge is -2.16. The largest absolute Gasteiger partial charge is 0.416 e. The van der Waals surface area contributed by atoms with Crippen LogP contribution < -0.4 is 5.32 Å². The number of amides is 1. The van der Waals surface area contributed by atoms with E-state index in [4.69, 9.17) is 4.74 Å². The lowest BCUT2D eigenvalue weighted by Crippen LogP contribution is -2.31. The number of hydrogen-bond donors (Lipinski definition) is 1. The molecule has 0 aliphatic carbocycles. The normalized spacial score (nSPS) is 19.1. The summed E-state index contributed by atoms with van der Waals surface area (Å²) in [5, 5.41) is 6.11. The van der Waals surface area contributed by atoms with Gasteiger partial charge in [0.2, 0.25) is 0 Å². The maximum Gasteiger partial charge on any atom is 0.414 e. The second-order valence-electron chi connectivity index (χ2n) is 3.98. The summed E-state index contributed by atoms with van der Waals surface area (Å²) in [4.78, 5) is 17.4. The van der Waals surface area contributed by atoms with Gasteiger partial charge in [-0.05, 0) is 13.3 Å². The number of ether oxygens (including phenoxy) is 1. The first-order valence-electron chi connectivity index (χ1n) is 5.43. The third-order valence-electron chi connectivity index (χ3n) is 2.47. The molecule has 17 heavy (non-hydrogen) atoms. The number of rotatable bonds is 3. The predicted octanol–water partition coefficient (Wildman–Crippen LogP) is 2.30. The van der Waals surface area contributed by atoms with Crippen LogP contribution in [0.4, 0.5) is 9.93 Å². The number of nitrogens with one attached hydrogen (secondary N) is 1. The molecule has 1 aliphatic rings. The van der Waals surface area contributed by atoms with E-state index in [0.717, 1.165) is 11.6 Å². The summed E-state index contributed by atoms with van der Waals surface area (Å²) < 4.78 is 4.97. The average Bonchev–Trinajstić information content (AvgIpc) is 2.88. The van der Waals surface area contributed by atoms with Gasteiger partial charge < -0.3 is 15.0 Å². The van der Waals surface area contributed by atoms with E-state index >= 15 is 0 Å². The third kappa shape index (κ3) is 3.20. The van der Waals surface area contributed by atoms with Gasteiger partial charge in [-0.1, -0.05) is 6.58 Å². The molecule has 2 rings (SSSR count). The molecule has 5 nitrogen and oxygen atoms in total. The van der Waals surface area contributed by atoms with Crippen molar-refractivity contribution in [2.45, 2.75) is 19.4 Å². The lowest BCUT2D eigenvalue weighted by molar-refractivity contribution is 0.138. The molecule has 0 bridgehead atoms. The van der Waals surface area contributed by atoms with E-state index < -0.39 is 0 Å². The summed E-state index contributed by atoms with van der Waals surface area (Å²) in [5.41, 5.74) is 0. The first kappa shape index (κ1) is 11.9. The number of nitrogens with zero attached hydrogens (tertiary/aromatic N) is 2. The Balaban J connectivity index is 1.83. The van der Waals surface area contributed by atoms with Crippen LogP contribution in [0.5, 0.6) is 0 Å². The predicted molar refractivity (Wildman–Crippen MR) is 67.0 cm³/mol. The molecule has 2 heterocycles. The smallest absolute Gasteiger partial charge is 0.414 e. The molecule has 1 fully saturated rings. The summed E-state index contributed by atoms with van der Waals surface area (Å²) >= 11 is 1.56. The van der Waals surface area contributed by atoms with E-state index in [1.165, 1.54) is 0 Å². The molecule has 0 saturated carbocycles. The highest BCUT2D eigenvalue weighted by Crippen LogP contribution is 2.18. The second-order valence-corrected chi connectivity index (χ2v) is 4.88. The third-order valence-corrected chi connectivity index (χ3v) is 3.17. The zero-order valence-corrected chi connectivity index (χ0v) is 10.5. The van der Waals surface area contributed by atoms with Crippen molar-refractivity contribution < 1.29 is 9.53 Å². The molecule has 6 heteroatoms. The number of thiazole rings is 1. The Labute approximate surface area is 104 Å². The van der Waals surface area contributed by atoms with Gasteiger partial charge in [-0.25, -0.2) is 9.78 Å². The lowest BCUT2D eigenvalue weighted by atomic mass is 10.3. The summed E-state index contributed by atoms with van der Waals surface area (Å²) in [6, 6.07) is 0.249. The van der Waals surface area contributed by atoms with Gasteiger partial charge in [0.1, 0.15) is 0 Å². The van der Waals surface area contributed by atoms with E-state index in [1.807, 2.05) is 5.38 Å². The Bertz CT molecular complexity index is 405. The summed E-state index contributed by atoms with van der Waals surface area (Å²) in [6.45, 7) is 6.57. The molecule has 0 unspecified atom stereocenters. The van der Waals surface area contributed by atoms with Crippen LogP contribution in [0.3, 0.4) is 0 Å². The minimum absolute atomic E-state index is 0.249. The fraction of sp³-hybridized carbons (Fsp3) is 0.455. The second kappa shape index (κ2) is 5.18. The minimum atomic E-state index is -0.319. The topological polar surface area (TPSA) is 54.5 Å². The van der Waals surface area contributed by atoms with Crippen molar-refractivity contribution in [3.8, 4) is 0 Å². The highest BCUT2D eigenvalue weighted by molar-refractivity contribution is 7.13. The Morgan fingerprint density at radius 2 is 2.59 bits per heavy atom. The van der Waals surface area contributed by atoms with E-state index in [9.17, 15) is 4.79 Å². The number of allylic oxidation sites excluding steroid dienone is 1. The molecule has 1 aliphatic heterocycles. The summed E-state index contributed by atoms with van der Waals surface area (Å²) in [5.74, 6) is 0.423. The van der Waals surface area contributed by atoms with Crippen LogP contribution in [-0.2, 0) is 4.74 Å². The monoisotopic (exact) mass is 253 g/mol. The van der Waals surface area contributed by atoms with Gasteiger partial charge in [0.25, 0.3) is 0 Å². The first-order valence-corrected chi connectivity index (χ1v) is 6.31. The quantitative estimate of drug-likeness (QED) is 0.840. The van der Waals surface area contributed by atoms with Crippen LogP contribution in [0.25, 0.3) is 0 Å². The van der Waals surface area contributed by atoms with Crippen LogP contribution >= 0.6 is 11.3 Å². The Hall–Kier alpha value is -1.56. The Kier molecular flexibility index (Phi) is 3.63. The van der Waals surface area contributed by atoms with Gasteiger partial charge in [-0.3, -0.25) is 0 Å². The maximum absolute atomic E-state index is 11.6. The van der Waals surface area contributed by atoms with Crippen molar-refractivity contribution in [3.05, 3.63) is 23.9 Å². The van der Waals surface area contributed by atoms with Crippen LogP contribution in [0.15, 0.2) is 23.9 Å². The van der Waals surface area contributed by atoms with E-state index in [-0.39, 0.29) is 12.1 Å². The van der Waals surface area contributed by atoms with Gasteiger partial charge in [0.05, 0.1) is 5.76 Å². The molecule has 1 aromatic heterocycles. The van der Waals surface area contributed by atoms with Crippen molar-refractivity contribution in [2.75, 3.05) is 18.4 Å². The van der Waals surface area contributed by atoms with Gasteiger partial charge >= 0.3 is 6.09 Å². The zero-order chi connectivity index (χ0) is 12.3. The number of aromatic nitrogens is 1. The standard InChI is InChI=1S/C11H15N3O2S/c1-8(2)16-11(15)14-5-3-9(7-14)13-10-12-4-6-17-10/h4,6,9H,1,3,5,7H2,2H3,(H,12,13)/t9-/m1/s1. The minimum Gasteiger partial charge on any atom is -0.416 e. The molecule has 1 aromatic rings. The summed E-state index contributed by atoms with van der Waals surface area (Å²) in [7, 11) is 0. The number of hydrogen-bond acceptors (Lipinski definition) is 5. The van der Waals surface area contributed by atoms with Crippen molar-refractivity contribution in [3.63, 3.8) is 0 Å². The van der Waals surface area contributed by atoms with Gasteiger partial charge in [0, 0.05) is 30.7 Å². The van der Waals surface area contributed by atoms with Gasteiger partial charge in [0.15, 0.2) is 5.13 Å². The molecule has 0 aromatic carbocycles. The number of likely N-dealkylation sites (tertiary alicyclic amines) is 1. The number of carbonyl (C=O) groups is 1. The van der Waals surface area contributed by atoms with Gasteiger partial charge in [-0.2, -0.15) is 0 Å². The molecule has 1 amide bonds. The first-order chi connectivity index (χ1) is 8.15. The van der Waals surface area contributed by atoms with Crippen LogP contribution in [-0.4, -0.2) is 35.1 Å². The zero-order valence-electron chi connectivity index (χ0n) is 9.68. The number of carbonyl (C=O) groups excluding carboxylic acids is 1. The van der Waals surface area contributed by atoms with E-state index in [2.05, 4.69) is 16.9 Å². The average molecular weight is 253 g/mol. The van der Waals surface area contributed by atoms with Crippen molar-refractivity contribution in [1.29, 1.82) is 0 Å². The van der Waals surface area contributed by atoms with Crippen molar-refractivity contribution in [2.24, 2.45) is 0 Å². The molecule has 1 atom stereocenters. The van der Waals surface area contributed by atoms with E-state index in [0.29, 0.717) is 18.8 Å². The maximum atomic E-state index is 11.6. The number of anilines is 1. The molecule has 0 spiro atoms. The highest BCUT2D eigenvalue weighted by atomic mass is 32.1. The highest BCUT2D eigenvalue weighted by Gasteiger charge is 2.27. The Morgan fingerprint density at radius 3 is 3.24 bits per heavy atom. The van der Waals surface area contributed by atoms with E-state index in [1.54, 1.807) is 29.4 Å². The SMILES string of the molecule is C=C(C)OC(=O)N1CC[C@@H](Nc2nccs2)C1. The summed E-state index contributed by atoms with van der Waals surface area (Å²) in [6.07, 6.45) is 2.35. The Morgan fingerprint density at radius 1 is 1.76 bits per heavy atom. The van der Waals surface area contributed by atoms with Crippen LogP contribution in [0.2, 0.25) is 0 Å². The molecular weight excluding hydrogens is 238 g/mol. The van der Waals surface area contributed by atoms with Gasteiger partial charge in [-0.15, -0.1) is 11.3 Å². The van der Waals surface area contributed by atoms with Crippen molar-refractivity contribution >= 4 is 22.6 Å². The van der Waals surface area contributed by atoms with Crippen molar-refractivity contribution in [1.82, 2.24) is 9.88 Å². The molecule has 0 radical (unpaired) electrons. The van der Waals surface area contributed by atoms with Crippen LogP contribution in [0, 0.1) is 0 Å². The molecule has 92 valence electrons.